The number of benzene rings is 3. The molecule has 0 bridgehead atoms. The fourth-order valence-corrected chi connectivity index (χ4v) is 4.71. The molecule has 32 heavy (non-hydrogen) atoms. The second-order valence-electron chi connectivity index (χ2n) is 10.1. The Balaban J connectivity index is 1.78. The van der Waals surface area contributed by atoms with Crippen molar-refractivity contribution in [3.63, 3.8) is 0 Å². The Morgan fingerprint density at radius 2 is 1.56 bits per heavy atom. The Morgan fingerprint density at radius 1 is 0.812 bits per heavy atom. The van der Waals surface area contributed by atoms with Gasteiger partial charge in [0.2, 0.25) is 5.69 Å². The molecule has 0 aliphatic rings. The predicted molar refractivity (Wildman–Crippen MR) is 134 cm³/mol. The van der Waals surface area contributed by atoms with Crippen molar-refractivity contribution in [2.24, 2.45) is 12.5 Å². The molecule has 160 valence electrons. The van der Waals surface area contributed by atoms with Gasteiger partial charge in [0.1, 0.15) is 18.2 Å². The maximum absolute atomic E-state index is 6.69. The molecule has 2 nitrogen and oxygen atoms in total. The number of pyridine rings is 1. The highest BCUT2D eigenvalue weighted by Gasteiger charge is 2.23. The van der Waals surface area contributed by atoms with Gasteiger partial charge in [-0.25, -0.2) is 4.57 Å². The smallest absolute Gasteiger partial charge is 0.216 e. The summed E-state index contributed by atoms with van der Waals surface area (Å²) >= 11 is 0. The SMILES string of the molecule is Cc1ccc2c(oc3c(-c4ccccc4)cccc32)c1-c1cc(CC(C)(C)C)cc[n+]1C. The summed E-state index contributed by atoms with van der Waals surface area (Å²) in [7, 11) is 2.12. The topological polar surface area (TPSA) is 17.0 Å². The van der Waals surface area contributed by atoms with Crippen LogP contribution in [0.15, 0.2) is 83.4 Å². The third kappa shape index (κ3) is 3.60. The number of para-hydroxylation sites is 1. The molecular formula is C30H30NO+. The maximum Gasteiger partial charge on any atom is 0.216 e. The molecule has 0 amide bonds. The molecule has 0 atom stereocenters. The number of fused-ring (bicyclic) bond motifs is 3. The van der Waals surface area contributed by atoms with Gasteiger partial charge >= 0.3 is 0 Å². The molecule has 2 heteroatoms. The van der Waals surface area contributed by atoms with Gasteiger partial charge in [0.05, 0.1) is 5.56 Å². The quantitative estimate of drug-likeness (QED) is 0.274. The van der Waals surface area contributed by atoms with Gasteiger partial charge in [-0.15, -0.1) is 0 Å². The summed E-state index contributed by atoms with van der Waals surface area (Å²) in [5, 5.41) is 2.33. The van der Waals surface area contributed by atoms with Crippen LogP contribution in [0.1, 0.15) is 31.9 Å². The molecular weight excluding hydrogens is 390 g/mol. The van der Waals surface area contributed by atoms with Crippen LogP contribution in [0.25, 0.3) is 44.3 Å². The van der Waals surface area contributed by atoms with Crippen molar-refractivity contribution >= 4 is 21.9 Å². The van der Waals surface area contributed by atoms with E-state index in [1.807, 2.05) is 6.07 Å². The van der Waals surface area contributed by atoms with E-state index in [0.29, 0.717) is 0 Å². The third-order valence-corrected chi connectivity index (χ3v) is 6.17. The largest absolute Gasteiger partial charge is 0.454 e. The zero-order valence-corrected chi connectivity index (χ0v) is 19.6. The third-order valence-electron chi connectivity index (χ3n) is 6.17. The Morgan fingerprint density at radius 3 is 2.31 bits per heavy atom. The number of hydrogen-bond acceptors (Lipinski definition) is 1. The standard InChI is InChI=1S/C30H30NO/c1-20-14-15-25-24-13-9-12-23(22-10-7-6-8-11-22)28(24)32-29(25)27(20)26-18-21(16-17-31(26)5)19-30(2,3)4/h6-18H,19H2,1-5H3/q+1. The number of nitrogens with zero attached hydrogens (tertiary/aromatic N) is 1. The average molecular weight is 421 g/mol. The minimum absolute atomic E-state index is 0.238. The van der Waals surface area contributed by atoms with Gasteiger partial charge in [0.15, 0.2) is 6.20 Å². The summed E-state index contributed by atoms with van der Waals surface area (Å²) in [4.78, 5) is 0. The molecule has 0 unspecified atom stereocenters. The highest BCUT2D eigenvalue weighted by Crippen LogP contribution is 2.40. The van der Waals surface area contributed by atoms with E-state index in [2.05, 4.69) is 112 Å². The van der Waals surface area contributed by atoms with Crippen LogP contribution in [0.4, 0.5) is 0 Å². The summed E-state index contributed by atoms with van der Waals surface area (Å²) in [5.74, 6) is 0. The second kappa shape index (κ2) is 7.63. The lowest BCUT2D eigenvalue weighted by molar-refractivity contribution is -0.660. The fourth-order valence-electron chi connectivity index (χ4n) is 4.71. The zero-order chi connectivity index (χ0) is 22.5. The lowest BCUT2D eigenvalue weighted by Gasteiger charge is -2.18. The van der Waals surface area contributed by atoms with E-state index in [1.165, 1.54) is 33.3 Å². The van der Waals surface area contributed by atoms with Crippen molar-refractivity contribution in [1.29, 1.82) is 0 Å². The van der Waals surface area contributed by atoms with Gasteiger partial charge in [0, 0.05) is 28.5 Å². The normalized spacial score (nSPS) is 12.0. The minimum atomic E-state index is 0.238. The summed E-state index contributed by atoms with van der Waals surface area (Å²) in [6.45, 7) is 9.04. The maximum atomic E-state index is 6.69. The molecule has 0 fully saturated rings. The van der Waals surface area contributed by atoms with Gasteiger partial charge in [-0.2, -0.15) is 0 Å². The van der Waals surface area contributed by atoms with Crippen molar-refractivity contribution < 1.29 is 8.98 Å². The lowest BCUT2D eigenvalue weighted by atomic mass is 9.88. The summed E-state index contributed by atoms with van der Waals surface area (Å²) in [6.07, 6.45) is 3.21. The van der Waals surface area contributed by atoms with Crippen molar-refractivity contribution in [2.75, 3.05) is 0 Å². The van der Waals surface area contributed by atoms with Gasteiger partial charge in [-0.05, 0) is 35.4 Å². The molecule has 2 aromatic heterocycles. The number of aromatic nitrogens is 1. The van der Waals surface area contributed by atoms with E-state index in [4.69, 9.17) is 4.42 Å². The minimum Gasteiger partial charge on any atom is -0.454 e. The summed E-state index contributed by atoms with van der Waals surface area (Å²) in [5.41, 5.74) is 9.40. The number of aryl methyl sites for hydroxylation is 2. The Kier molecular flexibility index (Phi) is 4.89. The number of furan rings is 1. The molecule has 0 radical (unpaired) electrons. The van der Waals surface area contributed by atoms with Crippen LogP contribution in [0.3, 0.4) is 0 Å². The summed E-state index contributed by atoms with van der Waals surface area (Å²) < 4.78 is 8.89. The molecule has 3 aromatic carbocycles. The highest BCUT2D eigenvalue weighted by molar-refractivity contribution is 6.13. The van der Waals surface area contributed by atoms with Crippen LogP contribution in [0, 0.1) is 12.3 Å². The second-order valence-corrected chi connectivity index (χ2v) is 10.1. The zero-order valence-electron chi connectivity index (χ0n) is 19.6. The Hall–Kier alpha value is -3.39. The summed E-state index contributed by atoms with van der Waals surface area (Å²) in [6, 6.07) is 25.9. The first kappa shape index (κ1) is 20.5. The van der Waals surface area contributed by atoms with Gasteiger partial charge < -0.3 is 4.42 Å². The van der Waals surface area contributed by atoms with E-state index in [9.17, 15) is 0 Å². The molecule has 0 aliphatic heterocycles. The van der Waals surface area contributed by atoms with E-state index in [0.717, 1.165) is 28.5 Å². The molecule has 0 spiro atoms. The Bertz CT molecular complexity index is 1440. The van der Waals surface area contributed by atoms with Crippen molar-refractivity contribution in [2.45, 2.75) is 34.1 Å². The lowest BCUT2D eigenvalue weighted by Crippen LogP contribution is -2.31. The van der Waals surface area contributed by atoms with Crippen molar-refractivity contribution in [1.82, 2.24) is 0 Å². The van der Waals surface area contributed by atoms with E-state index in [-0.39, 0.29) is 5.41 Å². The monoisotopic (exact) mass is 420 g/mol. The van der Waals surface area contributed by atoms with Crippen molar-refractivity contribution in [3.05, 3.63) is 90.1 Å². The number of rotatable bonds is 3. The number of hydrogen-bond donors (Lipinski definition) is 0. The molecule has 0 saturated carbocycles. The molecule has 2 heterocycles. The van der Waals surface area contributed by atoms with Crippen LogP contribution in [-0.2, 0) is 13.5 Å². The molecule has 5 rings (SSSR count). The predicted octanol–water partition coefficient (Wildman–Crippen LogP) is 7.64. The average Bonchev–Trinajstić information content (AvgIpc) is 3.13. The van der Waals surface area contributed by atoms with Gasteiger partial charge in [-0.1, -0.05) is 81.4 Å². The Labute approximate surface area is 190 Å². The van der Waals surface area contributed by atoms with Crippen LogP contribution < -0.4 is 4.57 Å². The fraction of sp³-hybridized carbons (Fsp3) is 0.233. The van der Waals surface area contributed by atoms with E-state index in [1.54, 1.807) is 0 Å². The van der Waals surface area contributed by atoms with Crippen molar-refractivity contribution in [3.8, 4) is 22.4 Å². The molecule has 0 N–H and O–H groups in total. The van der Waals surface area contributed by atoms with Crippen LogP contribution in [0.5, 0.6) is 0 Å². The molecule has 0 saturated heterocycles. The first-order valence-electron chi connectivity index (χ1n) is 11.3. The van der Waals surface area contributed by atoms with Crippen LogP contribution >= 0.6 is 0 Å². The van der Waals surface area contributed by atoms with Gasteiger partial charge in [0.25, 0.3) is 0 Å². The van der Waals surface area contributed by atoms with Crippen LogP contribution in [0.2, 0.25) is 0 Å². The molecule has 5 aromatic rings. The molecule has 0 aliphatic carbocycles. The van der Waals surface area contributed by atoms with Gasteiger partial charge in [-0.3, -0.25) is 0 Å². The first-order chi connectivity index (χ1) is 15.3. The van der Waals surface area contributed by atoms with E-state index >= 15 is 0 Å². The first-order valence-corrected chi connectivity index (χ1v) is 11.3. The highest BCUT2D eigenvalue weighted by atomic mass is 16.3. The van der Waals surface area contributed by atoms with E-state index < -0.39 is 0 Å². The van der Waals surface area contributed by atoms with Crippen LogP contribution in [-0.4, -0.2) is 0 Å².